The maximum atomic E-state index is 14.1. The van der Waals surface area contributed by atoms with E-state index in [1.807, 2.05) is 44.2 Å². The number of furan rings is 1. The van der Waals surface area contributed by atoms with Crippen molar-refractivity contribution in [2.75, 3.05) is 6.54 Å². The van der Waals surface area contributed by atoms with Crippen LogP contribution in [0.2, 0.25) is 0 Å². The van der Waals surface area contributed by atoms with E-state index in [4.69, 9.17) is 4.42 Å². The zero-order chi connectivity index (χ0) is 22.9. The van der Waals surface area contributed by atoms with Gasteiger partial charge in [0.15, 0.2) is 0 Å². The standard InChI is InChI=1S/C24H32F3NO3/c1-17-11-12-19(20(29)14-17)22(2,3)28(15-18-8-5-4-6-9-18)16-23(30,24(25,26)27)21-10-7-13-31-21/h4-10,13,17,19-20,29-30H,11-12,14-16H2,1-3H3/t17-,19-,20-,23-/m1/s1. The third-order valence-corrected chi connectivity index (χ3v) is 6.83. The molecular formula is C24H32F3NO3. The maximum Gasteiger partial charge on any atom is 0.425 e. The molecule has 0 saturated heterocycles. The molecular weight excluding hydrogens is 407 g/mol. The van der Waals surface area contributed by atoms with Gasteiger partial charge >= 0.3 is 6.18 Å². The summed E-state index contributed by atoms with van der Waals surface area (Å²) in [4.78, 5) is 1.64. The molecule has 2 N–H and O–H groups in total. The second-order valence-electron chi connectivity index (χ2n) is 9.42. The van der Waals surface area contributed by atoms with Crippen molar-refractivity contribution in [1.82, 2.24) is 4.90 Å². The summed E-state index contributed by atoms with van der Waals surface area (Å²) in [7, 11) is 0. The second-order valence-corrected chi connectivity index (χ2v) is 9.42. The SMILES string of the molecule is C[C@@H]1CC[C@@H](C(C)(C)N(Cc2ccccc2)C[C@@](O)(c2ccco2)C(F)(F)F)[C@H](O)C1. The Bertz CT molecular complexity index is 822. The van der Waals surface area contributed by atoms with Crippen molar-refractivity contribution in [3.63, 3.8) is 0 Å². The molecule has 0 unspecified atom stereocenters. The summed E-state index contributed by atoms with van der Waals surface area (Å²) in [6.07, 6.45) is -2.17. The van der Waals surface area contributed by atoms with Crippen molar-refractivity contribution in [2.45, 2.75) is 70.0 Å². The molecule has 1 aromatic heterocycles. The number of aliphatic hydroxyl groups excluding tert-OH is 1. The first-order valence-corrected chi connectivity index (χ1v) is 10.8. The van der Waals surface area contributed by atoms with Crippen LogP contribution in [0.5, 0.6) is 0 Å². The molecule has 3 rings (SSSR count). The molecule has 0 radical (unpaired) electrons. The summed E-state index contributed by atoms with van der Waals surface area (Å²) < 4.78 is 47.4. The first-order valence-electron chi connectivity index (χ1n) is 10.8. The van der Waals surface area contributed by atoms with Gasteiger partial charge in [-0.1, -0.05) is 43.7 Å². The van der Waals surface area contributed by atoms with Crippen molar-refractivity contribution >= 4 is 0 Å². The van der Waals surface area contributed by atoms with Crippen LogP contribution in [0.3, 0.4) is 0 Å². The fourth-order valence-electron chi connectivity index (χ4n) is 4.77. The average molecular weight is 440 g/mol. The topological polar surface area (TPSA) is 56.8 Å². The number of benzene rings is 1. The van der Waals surface area contributed by atoms with Crippen LogP contribution in [0.4, 0.5) is 13.2 Å². The van der Waals surface area contributed by atoms with E-state index < -0.39 is 35.7 Å². The smallest absolute Gasteiger partial charge is 0.425 e. The van der Waals surface area contributed by atoms with Crippen molar-refractivity contribution in [3.05, 3.63) is 60.1 Å². The van der Waals surface area contributed by atoms with Crippen LogP contribution in [0, 0.1) is 11.8 Å². The Morgan fingerprint density at radius 2 is 1.74 bits per heavy atom. The van der Waals surface area contributed by atoms with Crippen LogP contribution >= 0.6 is 0 Å². The van der Waals surface area contributed by atoms with E-state index in [2.05, 4.69) is 6.92 Å². The maximum absolute atomic E-state index is 14.1. The molecule has 31 heavy (non-hydrogen) atoms. The van der Waals surface area contributed by atoms with Gasteiger partial charge in [0.25, 0.3) is 0 Å². The molecule has 1 heterocycles. The van der Waals surface area contributed by atoms with Gasteiger partial charge in [-0.05, 0) is 50.3 Å². The third kappa shape index (κ3) is 4.99. The summed E-state index contributed by atoms with van der Waals surface area (Å²) in [5.41, 5.74) is -3.14. The van der Waals surface area contributed by atoms with Gasteiger partial charge in [0.2, 0.25) is 5.60 Å². The number of halogens is 3. The highest BCUT2D eigenvalue weighted by Gasteiger charge is 2.59. The lowest BCUT2D eigenvalue weighted by molar-refractivity contribution is -0.282. The molecule has 0 aliphatic heterocycles. The summed E-state index contributed by atoms with van der Waals surface area (Å²) >= 11 is 0. The largest absolute Gasteiger partial charge is 0.466 e. The van der Waals surface area contributed by atoms with Gasteiger partial charge in [0.05, 0.1) is 12.4 Å². The van der Waals surface area contributed by atoms with Crippen LogP contribution in [0.15, 0.2) is 53.1 Å². The summed E-state index contributed by atoms with van der Waals surface area (Å²) in [5, 5.41) is 21.7. The monoisotopic (exact) mass is 439 g/mol. The molecule has 2 aromatic rings. The second kappa shape index (κ2) is 8.96. The third-order valence-electron chi connectivity index (χ3n) is 6.83. The quantitative estimate of drug-likeness (QED) is 0.630. The fourth-order valence-corrected chi connectivity index (χ4v) is 4.77. The molecule has 0 amide bonds. The van der Waals surface area contributed by atoms with Crippen LogP contribution < -0.4 is 0 Å². The van der Waals surface area contributed by atoms with Crippen LogP contribution in [0.25, 0.3) is 0 Å². The highest BCUT2D eigenvalue weighted by atomic mass is 19.4. The van der Waals surface area contributed by atoms with Gasteiger partial charge in [-0.15, -0.1) is 0 Å². The molecule has 7 heteroatoms. The van der Waals surface area contributed by atoms with Crippen molar-refractivity contribution in [2.24, 2.45) is 11.8 Å². The van der Waals surface area contributed by atoms with Crippen molar-refractivity contribution < 1.29 is 27.8 Å². The lowest BCUT2D eigenvalue weighted by Gasteiger charge is -2.50. The number of rotatable bonds is 7. The average Bonchev–Trinajstić information content (AvgIpc) is 3.22. The van der Waals surface area contributed by atoms with E-state index in [0.29, 0.717) is 18.8 Å². The van der Waals surface area contributed by atoms with Gasteiger partial charge in [-0.2, -0.15) is 13.2 Å². The number of aliphatic hydroxyl groups is 2. The van der Waals surface area contributed by atoms with Gasteiger partial charge in [0.1, 0.15) is 5.76 Å². The Hall–Kier alpha value is -1.83. The number of nitrogens with zero attached hydrogens (tertiary/aromatic N) is 1. The first-order chi connectivity index (χ1) is 14.4. The molecule has 1 aromatic carbocycles. The Morgan fingerprint density at radius 3 is 2.29 bits per heavy atom. The number of hydrogen-bond acceptors (Lipinski definition) is 4. The van der Waals surface area contributed by atoms with Gasteiger partial charge in [-0.3, -0.25) is 4.90 Å². The molecule has 1 saturated carbocycles. The van der Waals surface area contributed by atoms with E-state index in [1.54, 1.807) is 4.90 Å². The predicted molar refractivity (Wildman–Crippen MR) is 112 cm³/mol. The van der Waals surface area contributed by atoms with Gasteiger partial charge in [0, 0.05) is 24.5 Å². The summed E-state index contributed by atoms with van der Waals surface area (Å²) in [6, 6.07) is 11.7. The van der Waals surface area contributed by atoms with E-state index in [9.17, 15) is 23.4 Å². The van der Waals surface area contributed by atoms with Gasteiger partial charge in [-0.25, -0.2) is 0 Å². The van der Waals surface area contributed by atoms with E-state index in [1.165, 1.54) is 6.07 Å². The van der Waals surface area contributed by atoms with E-state index in [-0.39, 0.29) is 12.5 Å². The lowest BCUT2D eigenvalue weighted by Crippen LogP contribution is -2.60. The van der Waals surface area contributed by atoms with Crippen molar-refractivity contribution in [1.29, 1.82) is 0 Å². The minimum Gasteiger partial charge on any atom is -0.466 e. The minimum atomic E-state index is -4.93. The molecule has 0 bridgehead atoms. The summed E-state index contributed by atoms with van der Waals surface area (Å²) in [6.45, 7) is 5.29. The van der Waals surface area contributed by atoms with Crippen LogP contribution in [-0.4, -0.2) is 39.5 Å². The zero-order valence-electron chi connectivity index (χ0n) is 18.3. The highest BCUT2D eigenvalue weighted by Crippen LogP contribution is 2.44. The molecule has 1 aliphatic carbocycles. The normalized spacial score (nSPS) is 24.9. The van der Waals surface area contributed by atoms with Gasteiger partial charge < -0.3 is 14.6 Å². The molecule has 1 aliphatic rings. The lowest BCUT2D eigenvalue weighted by atomic mass is 9.70. The summed E-state index contributed by atoms with van der Waals surface area (Å²) in [5.74, 6) is -0.381. The van der Waals surface area contributed by atoms with Crippen LogP contribution in [-0.2, 0) is 12.1 Å². The molecule has 172 valence electrons. The fraction of sp³-hybridized carbons (Fsp3) is 0.583. The predicted octanol–water partition coefficient (Wildman–Crippen LogP) is 5.11. The Kier molecular flexibility index (Phi) is 6.89. The van der Waals surface area contributed by atoms with E-state index >= 15 is 0 Å². The number of β-amino-alcohol motifs (C(OH)–C–C–N with tert-alkyl or cyclic N) is 1. The number of hydrogen-bond donors (Lipinski definition) is 2. The molecule has 1 fully saturated rings. The Balaban J connectivity index is 1.99. The van der Waals surface area contributed by atoms with Crippen molar-refractivity contribution in [3.8, 4) is 0 Å². The zero-order valence-corrected chi connectivity index (χ0v) is 18.3. The Morgan fingerprint density at radius 1 is 1.06 bits per heavy atom. The molecule has 4 atom stereocenters. The van der Waals surface area contributed by atoms with E-state index in [0.717, 1.165) is 24.3 Å². The van der Waals surface area contributed by atoms with Crippen LogP contribution in [0.1, 0.15) is 51.4 Å². The first kappa shape index (κ1) is 23.8. The highest BCUT2D eigenvalue weighted by molar-refractivity contribution is 5.18. The number of alkyl halides is 3. The molecule has 4 nitrogen and oxygen atoms in total. The Labute approximate surface area is 181 Å². The minimum absolute atomic E-state index is 0.200. The molecule has 0 spiro atoms.